The van der Waals surface area contributed by atoms with E-state index in [1.165, 1.54) is 0 Å². The van der Waals surface area contributed by atoms with E-state index in [9.17, 15) is 17.6 Å². The van der Waals surface area contributed by atoms with Crippen LogP contribution >= 0.6 is 0 Å². The molecule has 0 heterocycles. The van der Waals surface area contributed by atoms with Crippen molar-refractivity contribution in [1.29, 1.82) is 0 Å². The van der Waals surface area contributed by atoms with E-state index in [2.05, 4.69) is 11.5 Å². The molecule has 0 atom stereocenters. The van der Waals surface area contributed by atoms with Crippen LogP contribution in [0.5, 0.6) is 0 Å². The Morgan fingerprint density at radius 1 is 1.10 bits per heavy atom. The SMILES string of the molecule is NCCC(F)(F)C(N)(F)F. The van der Waals surface area contributed by atoms with Gasteiger partial charge in [-0.15, -0.1) is 0 Å². The topological polar surface area (TPSA) is 52.0 Å². The van der Waals surface area contributed by atoms with Gasteiger partial charge in [0.05, 0.1) is 0 Å². The maximum Gasteiger partial charge on any atom is 0.362 e. The summed E-state index contributed by atoms with van der Waals surface area (Å²) in [5.41, 5.74) is 8.50. The van der Waals surface area contributed by atoms with Crippen molar-refractivity contribution < 1.29 is 17.6 Å². The molecule has 0 aromatic heterocycles. The Hall–Kier alpha value is -0.360. The highest BCUT2D eigenvalue weighted by molar-refractivity contribution is 4.78. The number of halogens is 4. The zero-order valence-corrected chi connectivity index (χ0v) is 5.08. The van der Waals surface area contributed by atoms with E-state index in [4.69, 9.17) is 0 Å². The molecular weight excluding hydrogens is 152 g/mol. The van der Waals surface area contributed by atoms with Crippen LogP contribution in [0.3, 0.4) is 0 Å². The van der Waals surface area contributed by atoms with Crippen LogP contribution in [0.25, 0.3) is 0 Å². The highest BCUT2D eigenvalue weighted by Crippen LogP contribution is 2.31. The average Bonchev–Trinajstić information content (AvgIpc) is 1.61. The molecule has 0 rings (SSSR count). The molecule has 0 spiro atoms. The first-order valence-corrected chi connectivity index (χ1v) is 2.56. The first kappa shape index (κ1) is 9.64. The van der Waals surface area contributed by atoms with Gasteiger partial charge in [0.15, 0.2) is 0 Å². The van der Waals surface area contributed by atoms with Crippen molar-refractivity contribution in [2.24, 2.45) is 11.5 Å². The van der Waals surface area contributed by atoms with Gasteiger partial charge in [0.2, 0.25) is 0 Å². The molecule has 0 bridgehead atoms. The van der Waals surface area contributed by atoms with Gasteiger partial charge >= 0.3 is 12.0 Å². The standard InChI is InChI=1S/C4H8F4N2/c5-3(6,1-2-9)4(7,8)10/h1-2,9-10H2. The monoisotopic (exact) mass is 160 g/mol. The van der Waals surface area contributed by atoms with Crippen molar-refractivity contribution in [3.8, 4) is 0 Å². The number of rotatable bonds is 3. The van der Waals surface area contributed by atoms with Crippen LogP contribution in [0.4, 0.5) is 17.6 Å². The van der Waals surface area contributed by atoms with Gasteiger partial charge < -0.3 is 5.73 Å². The molecule has 0 aromatic carbocycles. The lowest BCUT2D eigenvalue weighted by Gasteiger charge is -2.21. The maximum atomic E-state index is 12.0. The number of alkyl halides is 4. The second kappa shape index (κ2) is 2.71. The highest BCUT2D eigenvalue weighted by Gasteiger charge is 2.52. The summed E-state index contributed by atoms with van der Waals surface area (Å²) in [5, 5.41) is 0. The van der Waals surface area contributed by atoms with Crippen LogP contribution in [0.1, 0.15) is 6.42 Å². The smallest absolute Gasteiger partial charge is 0.330 e. The molecule has 0 aliphatic heterocycles. The summed E-state index contributed by atoms with van der Waals surface area (Å²) in [6, 6.07) is -4.47. The molecule has 4 N–H and O–H groups in total. The van der Waals surface area contributed by atoms with E-state index in [0.717, 1.165) is 0 Å². The summed E-state index contributed by atoms with van der Waals surface area (Å²) < 4.78 is 47.3. The van der Waals surface area contributed by atoms with Crippen LogP contribution in [0.2, 0.25) is 0 Å². The largest absolute Gasteiger partial charge is 0.362 e. The van der Waals surface area contributed by atoms with Crippen molar-refractivity contribution in [3.63, 3.8) is 0 Å². The van der Waals surface area contributed by atoms with E-state index < -0.39 is 24.9 Å². The van der Waals surface area contributed by atoms with Gasteiger partial charge in [0, 0.05) is 6.42 Å². The van der Waals surface area contributed by atoms with Crippen LogP contribution in [-0.2, 0) is 0 Å². The fraction of sp³-hybridized carbons (Fsp3) is 1.00. The van der Waals surface area contributed by atoms with Crippen LogP contribution in [0, 0.1) is 0 Å². The number of hydrogen-bond acceptors (Lipinski definition) is 2. The zero-order chi connectivity index (χ0) is 8.41. The summed E-state index contributed by atoms with van der Waals surface area (Å²) in [7, 11) is 0. The fourth-order valence-corrected chi connectivity index (χ4v) is 0.348. The Labute approximate surface area is 55.2 Å². The fourth-order valence-electron chi connectivity index (χ4n) is 0.348. The minimum atomic E-state index is -4.47. The lowest BCUT2D eigenvalue weighted by molar-refractivity contribution is -0.206. The summed E-state index contributed by atoms with van der Waals surface area (Å²) in [4.78, 5) is 0. The van der Waals surface area contributed by atoms with Crippen molar-refractivity contribution in [3.05, 3.63) is 0 Å². The Morgan fingerprint density at radius 2 is 1.50 bits per heavy atom. The normalized spacial score (nSPS) is 13.8. The van der Waals surface area contributed by atoms with Crippen molar-refractivity contribution in [2.75, 3.05) is 6.54 Å². The Bertz CT molecular complexity index is 108. The van der Waals surface area contributed by atoms with Crippen LogP contribution < -0.4 is 11.5 Å². The summed E-state index contributed by atoms with van der Waals surface area (Å²) in [6.07, 6.45) is -1.10. The van der Waals surface area contributed by atoms with Gasteiger partial charge in [-0.3, -0.25) is 5.73 Å². The van der Waals surface area contributed by atoms with E-state index >= 15 is 0 Å². The first-order chi connectivity index (χ1) is 4.31. The second-order valence-electron chi connectivity index (χ2n) is 1.87. The first-order valence-electron chi connectivity index (χ1n) is 2.56. The van der Waals surface area contributed by atoms with Crippen LogP contribution in [-0.4, -0.2) is 18.5 Å². The Morgan fingerprint density at radius 3 is 1.60 bits per heavy atom. The zero-order valence-electron chi connectivity index (χ0n) is 5.08. The van der Waals surface area contributed by atoms with Gasteiger partial charge in [-0.1, -0.05) is 0 Å². The third kappa shape index (κ3) is 2.11. The molecule has 0 aliphatic carbocycles. The molecule has 0 amide bonds. The van der Waals surface area contributed by atoms with E-state index in [0.29, 0.717) is 0 Å². The molecule has 0 fully saturated rings. The predicted octanol–water partition coefficient (Wildman–Crippen LogP) is 0.522. The molecule has 0 saturated carbocycles. The quantitative estimate of drug-likeness (QED) is 0.467. The minimum Gasteiger partial charge on any atom is -0.330 e. The molecule has 0 radical (unpaired) electrons. The molecule has 6 heteroatoms. The van der Waals surface area contributed by atoms with Gasteiger partial charge in [0.25, 0.3) is 0 Å². The maximum absolute atomic E-state index is 12.0. The molecule has 0 aliphatic rings. The third-order valence-corrected chi connectivity index (χ3v) is 0.946. The predicted molar refractivity (Wildman–Crippen MR) is 27.8 cm³/mol. The lowest BCUT2D eigenvalue weighted by Crippen LogP contribution is -2.49. The number of hydrogen-bond donors (Lipinski definition) is 2. The summed E-state index contributed by atoms with van der Waals surface area (Å²) in [5.74, 6) is -4.19. The molecule has 2 nitrogen and oxygen atoms in total. The molecule has 0 aromatic rings. The summed E-state index contributed by atoms with van der Waals surface area (Å²) >= 11 is 0. The summed E-state index contributed by atoms with van der Waals surface area (Å²) in [6.45, 7) is -0.514. The lowest BCUT2D eigenvalue weighted by atomic mass is 10.2. The molecule has 10 heavy (non-hydrogen) atoms. The molecule has 0 unspecified atom stereocenters. The van der Waals surface area contributed by atoms with Crippen molar-refractivity contribution in [2.45, 2.75) is 18.4 Å². The van der Waals surface area contributed by atoms with Gasteiger partial charge in [0.1, 0.15) is 0 Å². The highest BCUT2D eigenvalue weighted by atomic mass is 19.3. The Balaban J connectivity index is 4.10. The minimum absolute atomic E-state index is 0.514. The Kier molecular flexibility index (Phi) is 2.61. The van der Waals surface area contributed by atoms with E-state index in [1.54, 1.807) is 0 Å². The molecule has 62 valence electrons. The third-order valence-electron chi connectivity index (χ3n) is 0.946. The second-order valence-corrected chi connectivity index (χ2v) is 1.87. The molecule has 0 saturated heterocycles. The van der Waals surface area contributed by atoms with Crippen molar-refractivity contribution in [1.82, 2.24) is 0 Å². The molecular formula is C4H8F4N2. The van der Waals surface area contributed by atoms with Gasteiger partial charge in [-0.05, 0) is 6.54 Å². The van der Waals surface area contributed by atoms with Crippen LogP contribution in [0.15, 0.2) is 0 Å². The average molecular weight is 160 g/mol. The van der Waals surface area contributed by atoms with Gasteiger partial charge in [-0.25, -0.2) is 0 Å². The van der Waals surface area contributed by atoms with Gasteiger partial charge in [-0.2, -0.15) is 17.6 Å². The van der Waals surface area contributed by atoms with E-state index in [-0.39, 0.29) is 0 Å². The number of nitrogens with two attached hydrogens (primary N) is 2. The van der Waals surface area contributed by atoms with Crippen molar-refractivity contribution >= 4 is 0 Å². The van der Waals surface area contributed by atoms with E-state index in [1.807, 2.05) is 0 Å².